The Morgan fingerprint density at radius 1 is 1.44 bits per heavy atom. The van der Waals surface area contributed by atoms with Crippen molar-refractivity contribution in [2.75, 3.05) is 5.73 Å². The zero-order chi connectivity index (χ0) is 13.0. The lowest BCUT2D eigenvalue weighted by Gasteiger charge is -2.04. The van der Waals surface area contributed by atoms with Gasteiger partial charge < -0.3 is 5.73 Å². The van der Waals surface area contributed by atoms with Gasteiger partial charge in [-0.05, 0) is 17.7 Å². The number of rotatable bonds is 2. The summed E-state index contributed by atoms with van der Waals surface area (Å²) in [4.78, 5) is 4.18. The molecular formula is C11H12ClN5O. The molecule has 6 nitrogen and oxygen atoms in total. The third kappa shape index (κ3) is 2.99. The Hall–Kier alpha value is -2.05. The molecule has 1 aromatic carbocycles. The van der Waals surface area contributed by atoms with Crippen LogP contribution in [0.1, 0.15) is 5.56 Å². The molecule has 0 bridgehead atoms. The van der Waals surface area contributed by atoms with Gasteiger partial charge in [0.25, 0.3) is 0 Å². The highest BCUT2D eigenvalue weighted by Crippen LogP contribution is 2.10. The number of aromatic nitrogens is 2. The van der Waals surface area contributed by atoms with E-state index in [0.717, 1.165) is 5.56 Å². The smallest absolute Gasteiger partial charge is 0.243 e. The molecule has 0 aliphatic carbocycles. The van der Waals surface area contributed by atoms with Crippen LogP contribution in [0, 0.1) is 0 Å². The number of hydrogen-bond acceptors (Lipinski definition) is 4. The lowest BCUT2D eigenvalue weighted by molar-refractivity contribution is 0.228. The molecule has 2 aromatic rings. The van der Waals surface area contributed by atoms with Crippen LogP contribution in [-0.2, 0) is 6.54 Å². The number of nitrogen functional groups attached to an aromatic ring is 1. The van der Waals surface area contributed by atoms with Crippen LogP contribution in [0.4, 0.5) is 5.69 Å². The van der Waals surface area contributed by atoms with Gasteiger partial charge in [-0.15, -0.1) is 0 Å². The monoisotopic (exact) mass is 265 g/mol. The quantitative estimate of drug-likeness (QED) is 0.436. The fourth-order valence-corrected chi connectivity index (χ4v) is 1.49. The number of benzene rings is 1. The van der Waals surface area contributed by atoms with Gasteiger partial charge in [0.15, 0.2) is 0 Å². The number of anilines is 1. The van der Waals surface area contributed by atoms with Crippen LogP contribution >= 0.6 is 11.6 Å². The zero-order valence-electron chi connectivity index (χ0n) is 9.42. The summed E-state index contributed by atoms with van der Waals surface area (Å²) in [6.07, 6.45) is 3.01. The van der Waals surface area contributed by atoms with Gasteiger partial charge in [0.2, 0.25) is 5.96 Å². The highest BCUT2D eigenvalue weighted by atomic mass is 35.5. The Bertz CT molecular complexity index is 549. The zero-order valence-corrected chi connectivity index (χ0v) is 10.2. The second-order valence-corrected chi connectivity index (χ2v) is 4.03. The van der Waals surface area contributed by atoms with Crippen LogP contribution in [0.5, 0.6) is 0 Å². The molecule has 1 heterocycles. The molecule has 0 radical (unpaired) electrons. The molecule has 0 saturated carbocycles. The number of hydroxylamine groups is 1. The van der Waals surface area contributed by atoms with Gasteiger partial charge in [-0.1, -0.05) is 23.7 Å². The van der Waals surface area contributed by atoms with Gasteiger partial charge in [0.1, 0.15) is 0 Å². The van der Waals surface area contributed by atoms with Crippen molar-refractivity contribution >= 4 is 23.2 Å². The molecule has 1 aromatic heterocycles. The molecule has 7 heteroatoms. The summed E-state index contributed by atoms with van der Waals surface area (Å²) in [5.41, 5.74) is 8.97. The van der Waals surface area contributed by atoms with Crippen LogP contribution in [0.15, 0.2) is 41.7 Å². The maximum atomic E-state index is 9.01. The largest absolute Gasteiger partial charge is 0.396 e. The minimum absolute atomic E-state index is 0.196. The van der Waals surface area contributed by atoms with Gasteiger partial charge in [0.05, 0.1) is 24.6 Å². The first kappa shape index (κ1) is 12.4. The number of halogens is 1. The Kier molecular flexibility index (Phi) is 3.81. The van der Waals surface area contributed by atoms with Crippen molar-refractivity contribution in [3.8, 4) is 0 Å². The van der Waals surface area contributed by atoms with E-state index in [1.54, 1.807) is 18.3 Å². The first-order chi connectivity index (χ1) is 8.69. The summed E-state index contributed by atoms with van der Waals surface area (Å²) in [5, 5.41) is 13.6. The van der Waals surface area contributed by atoms with E-state index in [-0.39, 0.29) is 5.96 Å². The number of nitrogens with two attached hydrogens (primary N) is 1. The van der Waals surface area contributed by atoms with Crippen molar-refractivity contribution in [3.63, 3.8) is 0 Å². The van der Waals surface area contributed by atoms with Crippen LogP contribution in [0.3, 0.4) is 0 Å². The minimum atomic E-state index is 0.196. The predicted octanol–water partition coefficient (Wildman–Crippen LogP) is 1.50. The number of nitrogens with one attached hydrogen (secondary N) is 1. The van der Waals surface area contributed by atoms with Crippen molar-refractivity contribution in [1.29, 1.82) is 0 Å². The highest BCUT2D eigenvalue weighted by Gasteiger charge is 2.02. The van der Waals surface area contributed by atoms with Gasteiger partial charge in [-0.2, -0.15) is 5.10 Å². The summed E-state index contributed by atoms with van der Waals surface area (Å²) in [7, 11) is 0. The number of hydrogen-bond donors (Lipinski definition) is 3. The van der Waals surface area contributed by atoms with Crippen molar-refractivity contribution in [2.45, 2.75) is 6.54 Å². The summed E-state index contributed by atoms with van der Waals surface area (Å²) >= 11 is 5.78. The second-order valence-electron chi connectivity index (χ2n) is 3.60. The Balaban J connectivity index is 2.13. The molecule has 0 atom stereocenters. The standard InChI is InChI=1S/C11H12ClN5O/c12-9-3-1-8(2-4-9)5-14-11(16-18)17-7-10(13)6-15-17/h1-4,6-7,18H,5,13H2,(H,14,16). The second kappa shape index (κ2) is 5.52. The first-order valence-corrected chi connectivity index (χ1v) is 5.56. The molecule has 2 rings (SSSR count). The van der Waals surface area contributed by atoms with Crippen LogP contribution in [0.2, 0.25) is 5.02 Å². The topological polar surface area (TPSA) is 88.5 Å². The maximum Gasteiger partial charge on any atom is 0.243 e. The SMILES string of the molecule is Nc1cnn(C(=NCc2ccc(Cl)cc2)NO)c1. The molecular weight excluding hydrogens is 254 g/mol. The molecule has 0 saturated heterocycles. The fourth-order valence-electron chi connectivity index (χ4n) is 1.37. The predicted molar refractivity (Wildman–Crippen MR) is 69.6 cm³/mol. The van der Waals surface area contributed by atoms with Gasteiger partial charge in [-0.3, -0.25) is 5.21 Å². The molecule has 18 heavy (non-hydrogen) atoms. The molecule has 94 valence electrons. The van der Waals surface area contributed by atoms with Crippen LogP contribution < -0.4 is 11.2 Å². The van der Waals surface area contributed by atoms with E-state index in [4.69, 9.17) is 22.5 Å². The van der Waals surface area contributed by atoms with Crippen LogP contribution in [0.25, 0.3) is 0 Å². The first-order valence-electron chi connectivity index (χ1n) is 5.18. The summed E-state index contributed by atoms with van der Waals surface area (Å²) in [5.74, 6) is 0.196. The number of aliphatic imine (C=N–C) groups is 1. The molecule has 0 amide bonds. The lowest BCUT2D eigenvalue weighted by Crippen LogP contribution is -2.28. The lowest BCUT2D eigenvalue weighted by atomic mass is 10.2. The van der Waals surface area contributed by atoms with Crippen molar-refractivity contribution in [3.05, 3.63) is 47.2 Å². The highest BCUT2D eigenvalue weighted by molar-refractivity contribution is 6.30. The third-order valence-corrected chi connectivity index (χ3v) is 2.50. The molecule has 0 aliphatic heterocycles. The Labute approximate surface area is 109 Å². The fraction of sp³-hybridized carbons (Fsp3) is 0.0909. The van der Waals surface area contributed by atoms with E-state index >= 15 is 0 Å². The van der Waals surface area contributed by atoms with E-state index < -0.39 is 0 Å². The summed E-state index contributed by atoms with van der Waals surface area (Å²) in [6, 6.07) is 7.28. The maximum absolute atomic E-state index is 9.01. The average molecular weight is 266 g/mol. The van der Waals surface area contributed by atoms with Gasteiger partial charge in [0, 0.05) is 5.02 Å². The minimum Gasteiger partial charge on any atom is -0.396 e. The van der Waals surface area contributed by atoms with Gasteiger partial charge >= 0.3 is 0 Å². The van der Waals surface area contributed by atoms with E-state index in [1.807, 2.05) is 17.6 Å². The average Bonchev–Trinajstić information content (AvgIpc) is 2.79. The third-order valence-electron chi connectivity index (χ3n) is 2.24. The van der Waals surface area contributed by atoms with E-state index in [2.05, 4.69) is 10.1 Å². The number of nitrogens with zero attached hydrogens (tertiary/aromatic N) is 3. The molecule has 0 spiro atoms. The van der Waals surface area contributed by atoms with Crippen molar-refractivity contribution < 1.29 is 5.21 Å². The molecule has 0 aliphatic rings. The summed E-state index contributed by atoms with van der Waals surface area (Å²) < 4.78 is 1.35. The normalized spacial score (nSPS) is 11.6. The Morgan fingerprint density at radius 2 is 2.17 bits per heavy atom. The molecule has 0 unspecified atom stereocenters. The van der Waals surface area contributed by atoms with E-state index in [9.17, 15) is 0 Å². The summed E-state index contributed by atoms with van der Waals surface area (Å²) in [6.45, 7) is 0.389. The Morgan fingerprint density at radius 3 is 2.72 bits per heavy atom. The molecule has 4 N–H and O–H groups in total. The van der Waals surface area contributed by atoms with E-state index in [0.29, 0.717) is 17.3 Å². The van der Waals surface area contributed by atoms with Crippen LogP contribution in [-0.4, -0.2) is 20.9 Å². The van der Waals surface area contributed by atoms with Crippen molar-refractivity contribution in [1.82, 2.24) is 15.3 Å². The van der Waals surface area contributed by atoms with Crippen molar-refractivity contribution in [2.24, 2.45) is 4.99 Å². The van der Waals surface area contributed by atoms with E-state index in [1.165, 1.54) is 10.9 Å². The van der Waals surface area contributed by atoms with Gasteiger partial charge in [-0.25, -0.2) is 15.2 Å². The molecule has 0 fully saturated rings.